The molecule has 0 bridgehead atoms. The molecule has 1 aromatic carbocycles. The standard InChI is InChI=1S/C17H21ClN6O2.ClH/c1-19-15-12(18)10-21-17(23-15)22-13-4-3-11(9-14(13)26-2)16(25)24-7-5-20-6-8-24;/h3-4,9-10,20H,5-8H2,1-2H3,(H2,19,21,22,23);1H. The van der Waals surface area contributed by atoms with Gasteiger partial charge in [0.15, 0.2) is 0 Å². The number of nitrogens with zero attached hydrogens (tertiary/aromatic N) is 3. The number of piperazine rings is 1. The molecular formula is C17H22Cl2N6O2. The van der Waals surface area contributed by atoms with Crippen LogP contribution < -0.4 is 20.7 Å². The second-order valence-corrected chi connectivity index (χ2v) is 6.13. The van der Waals surface area contributed by atoms with Gasteiger partial charge in [0.25, 0.3) is 5.91 Å². The quantitative estimate of drug-likeness (QED) is 0.694. The van der Waals surface area contributed by atoms with Crippen LogP contribution in [0.1, 0.15) is 10.4 Å². The van der Waals surface area contributed by atoms with Gasteiger partial charge in [-0.1, -0.05) is 11.6 Å². The van der Waals surface area contributed by atoms with Gasteiger partial charge in [0.1, 0.15) is 16.6 Å². The van der Waals surface area contributed by atoms with Crippen molar-refractivity contribution in [2.24, 2.45) is 0 Å². The second kappa shape index (κ2) is 9.59. The van der Waals surface area contributed by atoms with Crippen molar-refractivity contribution >= 4 is 47.4 Å². The summed E-state index contributed by atoms with van der Waals surface area (Å²) in [4.78, 5) is 22.9. The molecule has 1 aromatic heterocycles. The van der Waals surface area contributed by atoms with Gasteiger partial charge in [-0.2, -0.15) is 4.98 Å². The third kappa shape index (κ3) is 4.91. The van der Waals surface area contributed by atoms with Crippen LogP contribution in [0, 0.1) is 0 Å². The van der Waals surface area contributed by atoms with E-state index in [2.05, 4.69) is 25.9 Å². The zero-order valence-corrected chi connectivity index (χ0v) is 16.7. The average molecular weight is 413 g/mol. The molecule has 0 spiro atoms. The minimum Gasteiger partial charge on any atom is -0.495 e. The molecule has 27 heavy (non-hydrogen) atoms. The van der Waals surface area contributed by atoms with E-state index < -0.39 is 0 Å². The lowest BCUT2D eigenvalue weighted by molar-refractivity contribution is 0.0735. The molecule has 1 fully saturated rings. The highest BCUT2D eigenvalue weighted by Gasteiger charge is 2.19. The third-order valence-electron chi connectivity index (χ3n) is 4.08. The van der Waals surface area contributed by atoms with Gasteiger partial charge in [0.2, 0.25) is 5.95 Å². The summed E-state index contributed by atoms with van der Waals surface area (Å²) in [5, 5.41) is 9.66. The molecule has 1 saturated heterocycles. The molecule has 2 aromatic rings. The molecule has 3 N–H and O–H groups in total. The van der Waals surface area contributed by atoms with Gasteiger partial charge in [-0.3, -0.25) is 4.79 Å². The molecule has 0 aliphatic carbocycles. The van der Waals surface area contributed by atoms with Crippen LogP contribution in [-0.4, -0.2) is 61.1 Å². The van der Waals surface area contributed by atoms with E-state index in [1.54, 1.807) is 32.4 Å². The maximum atomic E-state index is 12.6. The summed E-state index contributed by atoms with van der Waals surface area (Å²) in [5.41, 5.74) is 1.25. The average Bonchev–Trinajstić information content (AvgIpc) is 2.69. The number of aromatic nitrogens is 2. The zero-order chi connectivity index (χ0) is 18.5. The molecule has 0 atom stereocenters. The second-order valence-electron chi connectivity index (χ2n) is 5.72. The fourth-order valence-electron chi connectivity index (χ4n) is 2.70. The Balaban J connectivity index is 0.00000261. The van der Waals surface area contributed by atoms with Gasteiger partial charge < -0.3 is 25.6 Å². The highest BCUT2D eigenvalue weighted by atomic mass is 35.5. The number of nitrogens with one attached hydrogen (secondary N) is 3. The molecule has 1 amide bonds. The highest BCUT2D eigenvalue weighted by Crippen LogP contribution is 2.29. The van der Waals surface area contributed by atoms with E-state index >= 15 is 0 Å². The Labute approximate surface area is 169 Å². The maximum absolute atomic E-state index is 12.6. The predicted octanol–water partition coefficient (Wildman–Crippen LogP) is 2.39. The number of anilines is 3. The number of ether oxygens (including phenoxy) is 1. The van der Waals surface area contributed by atoms with Crippen LogP contribution in [0.25, 0.3) is 0 Å². The number of carbonyl (C=O) groups excluding carboxylic acids is 1. The van der Waals surface area contributed by atoms with E-state index in [0.717, 1.165) is 13.1 Å². The normalized spacial score (nSPS) is 13.5. The molecule has 3 rings (SSSR count). The number of methoxy groups -OCH3 is 1. The van der Waals surface area contributed by atoms with Crippen LogP contribution in [-0.2, 0) is 0 Å². The Morgan fingerprint density at radius 2 is 2.07 bits per heavy atom. The van der Waals surface area contributed by atoms with Crippen molar-refractivity contribution in [3.63, 3.8) is 0 Å². The minimum atomic E-state index is -0.00318. The van der Waals surface area contributed by atoms with Crippen molar-refractivity contribution in [1.82, 2.24) is 20.2 Å². The summed E-state index contributed by atoms with van der Waals surface area (Å²) in [6.45, 7) is 3.02. The maximum Gasteiger partial charge on any atom is 0.254 e. The number of hydrogen-bond acceptors (Lipinski definition) is 7. The summed E-state index contributed by atoms with van der Waals surface area (Å²) >= 11 is 6.00. The Morgan fingerprint density at radius 1 is 1.33 bits per heavy atom. The lowest BCUT2D eigenvalue weighted by atomic mass is 10.1. The fourth-order valence-corrected chi connectivity index (χ4v) is 2.89. The van der Waals surface area contributed by atoms with Crippen molar-refractivity contribution in [1.29, 1.82) is 0 Å². The summed E-state index contributed by atoms with van der Waals surface area (Å²) in [6, 6.07) is 5.27. The summed E-state index contributed by atoms with van der Waals surface area (Å²) in [6.07, 6.45) is 1.51. The Kier molecular flexibility index (Phi) is 7.46. The smallest absolute Gasteiger partial charge is 0.254 e. The minimum absolute atomic E-state index is 0. The molecule has 0 radical (unpaired) electrons. The lowest BCUT2D eigenvalue weighted by Crippen LogP contribution is -2.46. The van der Waals surface area contributed by atoms with E-state index in [0.29, 0.717) is 46.9 Å². The van der Waals surface area contributed by atoms with E-state index in [4.69, 9.17) is 16.3 Å². The van der Waals surface area contributed by atoms with Gasteiger partial charge in [-0.15, -0.1) is 12.4 Å². The first-order chi connectivity index (χ1) is 12.6. The Hall–Kier alpha value is -2.29. The summed E-state index contributed by atoms with van der Waals surface area (Å²) in [5.74, 6) is 1.43. The first-order valence-electron chi connectivity index (χ1n) is 8.27. The molecule has 8 nitrogen and oxygen atoms in total. The summed E-state index contributed by atoms with van der Waals surface area (Å²) in [7, 11) is 3.29. The highest BCUT2D eigenvalue weighted by molar-refractivity contribution is 6.32. The number of benzene rings is 1. The third-order valence-corrected chi connectivity index (χ3v) is 4.36. The van der Waals surface area contributed by atoms with Gasteiger partial charge in [0.05, 0.1) is 19.0 Å². The van der Waals surface area contributed by atoms with Gasteiger partial charge in [-0.25, -0.2) is 4.98 Å². The van der Waals surface area contributed by atoms with Gasteiger partial charge >= 0.3 is 0 Å². The Morgan fingerprint density at radius 3 is 2.74 bits per heavy atom. The molecule has 146 valence electrons. The number of halogens is 2. The SMILES string of the molecule is CNc1nc(Nc2ccc(C(=O)N3CCNCC3)cc2OC)ncc1Cl.Cl. The van der Waals surface area contributed by atoms with Crippen molar-refractivity contribution in [2.75, 3.05) is 51.0 Å². The largest absolute Gasteiger partial charge is 0.495 e. The Bertz CT molecular complexity index is 799. The molecular weight excluding hydrogens is 391 g/mol. The number of rotatable bonds is 5. The summed E-state index contributed by atoms with van der Waals surface area (Å²) < 4.78 is 5.43. The van der Waals surface area contributed by atoms with Gasteiger partial charge in [0, 0.05) is 38.8 Å². The molecule has 2 heterocycles. The van der Waals surface area contributed by atoms with Crippen molar-refractivity contribution in [3.05, 3.63) is 35.0 Å². The predicted molar refractivity (Wildman–Crippen MR) is 109 cm³/mol. The molecule has 0 unspecified atom stereocenters. The molecule has 10 heteroatoms. The van der Waals surface area contributed by atoms with Crippen LogP contribution in [0.15, 0.2) is 24.4 Å². The van der Waals surface area contributed by atoms with Gasteiger partial charge in [-0.05, 0) is 18.2 Å². The van der Waals surface area contributed by atoms with E-state index in [-0.39, 0.29) is 18.3 Å². The van der Waals surface area contributed by atoms with E-state index in [1.807, 2.05) is 4.90 Å². The first kappa shape index (κ1) is 21.0. The molecule has 0 saturated carbocycles. The van der Waals surface area contributed by atoms with Crippen LogP contribution in [0.5, 0.6) is 5.75 Å². The lowest BCUT2D eigenvalue weighted by Gasteiger charge is -2.27. The topological polar surface area (TPSA) is 91.4 Å². The number of hydrogen-bond donors (Lipinski definition) is 3. The van der Waals surface area contributed by atoms with E-state index in [1.165, 1.54) is 6.20 Å². The molecule has 1 aliphatic rings. The fraction of sp³-hybridized carbons (Fsp3) is 0.353. The van der Waals surface area contributed by atoms with Crippen LogP contribution in [0.2, 0.25) is 5.02 Å². The van der Waals surface area contributed by atoms with Crippen LogP contribution in [0.4, 0.5) is 17.5 Å². The van der Waals surface area contributed by atoms with E-state index in [9.17, 15) is 4.79 Å². The number of carbonyl (C=O) groups is 1. The number of amides is 1. The van der Waals surface area contributed by atoms with Crippen LogP contribution in [0.3, 0.4) is 0 Å². The van der Waals surface area contributed by atoms with Crippen molar-refractivity contribution in [2.45, 2.75) is 0 Å². The van der Waals surface area contributed by atoms with Crippen LogP contribution >= 0.6 is 24.0 Å². The van der Waals surface area contributed by atoms with Crippen molar-refractivity contribution in [3.8, 4) is 5.75 Å². The zero-order valence-electron chi connectivity index (χ0n) is 15.1. The molecule has 1 aliphatic heterocycles. The van der Waals surface area contributed by atoms with Crippen molar-refractivity contribution < 1.29 is 9.53 Å². The first-order valence-corrected chi connectivity index (χ1v) is 8.65. The monoisotopic (exact) mass is 412 g/mol.